The van der Waals surface area contributed by atoms with Crippen LogP contribution in [0.15, 0.2) is 37.0 Å². The highest BCUT2D eigenvalue weighted by atomic mass is 15.3. The number of nitrogens with zero attached hydrogens (tertiary/aromatic N) is 2. The zero-order valence-corrected chi connectivity index (χ0v) is 12.7. The maximum absolute atomic E-state index is 4.67. The molecule has 0 radical (unpaired) electrons. The molecule has 2 aromatic rings. The normalized spacial score (nSPS) is 12.4. The van der Waals surface area contributed by atoms with Crippen LogP contribution in [0.5, 0.6) is 0 Å². The fourth-order valence-electron chi connectivity index (χ4n) is 2.21. The number of nitrogens with one attached hydrogen (secondary N) is 1. The van der Waals surface area contributed by atoms with E-state index in [2.05, 4.69) is 56.1 Å². The van der Waals surface area contributed by atoms with Crippen molar-refractivity contribution in [2.24, 2.45) is 5.92 Å². The lowest BCUT2D eigenvalue weighted by atomic mass is 10.0. The van der Waals surface area contributed by atoms with Gasteiger partial charge in [-0.05, 0) is 25.0 Å². The second-order valence-corrected chi connectivity index (χ2v) is 5.39. The summed E-state index contributed by atoms with van der Waals surface area (Å²) in [7, 11) is 1.94. The van der Waals surface area contributed by atoms with E-state index in [0.29, 0.717) is 12.0 Å². The molecule has 1 aromatic carbocycles. The van der Waals surface area contributed by atoms with E-state index in [9.17, 15) is 0 Å². The Hall–Kier alpha value is -2.03. The van der Waals surface area contributed by atoms with Crippen LogP contribution < -0.4 is 5.32 Å². The molecule has 0 bridgehead atoms. The van der Waals surface area contributed by atoms with Crippen molar-refractivity contribution < 1.29 is 0 Å². The first-order chi connectivity index (χ1) is 9.58. The third-order valence-corrected chi connectivity index (χ3v) is 3.82. The molecule has 1 atom stereocenters. The quantitative estimate of drug-likeness (QED) is 0.869. The largest absolute Gasteiger partial charge is 0.388 e. The highest BCUT2D eigenvalue weighted by Crippen LogP contribution is 2.32. The fourth-order valence-corrected chi connectivity index (χ4v) is 2.21. The van der Waals surface area contributed by atoms with Crippen molar-refractivity contribution in [1.29, 1.82) is 0 Å². The van der Waals surface area contributed by atoms with Gasteiger partial charge in [-0.1, -0.05) is 38.6 Å². The minimum absolute atomic E-state index is 0.365. The van der Waals surface area contributed by atoms with Gasteiger partial charge < -0.3 is 5.32 Å². The molecule has 0 saturated carbocycles. The van der Waals surface area contributed by atoms with E-state index in [0.717, 1.165) is 22.5 Å². The number of benzene rings is 1. The summed E-state index contributed by atoms with van der Waals surface area (Å²) < 4.78 is 2.05. The summed E-state index contributed by atoms with van der Waals surface area (Å²) >= 11 is 0. The van der Waals surface area contributed by atoms with Crippen LogP contribution in [0, 0.1) is 5.92 Å². The molecule has 1 unspecified atom stereocenters. The summed E-state index contributed by atoms with van der Waals surface area (Å²) in [5, 5.41) is 7.91. The molecular formula is C17H23N3. The summed E-state index contributed by atoms with van der Waals surface area (Å²) in [4.78, 5) is 0. The third kappa shape index (κ3) is 2.62. The van der Waals surface area contributed by atoms with Gasteiger partial charge in [0.25, 0.3) is 0 Å². The minimum atomic E-state index is 0.365. The van der Waals surface area contributed by atoms with E-state index in [4.69, 9.17) is 0 Å². The first kappa shape index (κ1) is 14.4. The van der Waals surface area contributed by atoms with E-state index >= 15 is 0 Å². The number of para-hydroxylation sites is 1. The molecule has 3 nitrogen and oxygen atoms in total. The Morgan fingerprint density at radius 2 is 1.90 bits per heavy atom. The van der Waals surface area contributed by atoms with Gasteiger partial charge in [-0.2, -0.15) is 5.10 Å². The molecule has 1 aromatic heterocycles. The summed E-state index contributed by atoms with van der Waals surface area (Å²) in [5.41, 5.74) is 4.32. The molecule has 0 amide bonds. The second kappa shape index (κ2) is 5.95. The van der Waals surface area contributed by atoms with Crippen molar-refractivity contribution in [3.8, 4) is 11.1 Å². The van der Waals surface area contributed by atoms with E-state index < -0.39 is 0 Å². The Labute approximate surface area is 121 Å². The molecule has 106 valence electrons. The SMILES string of the molecule is C=Cc1nn(C(C)C(C)C)cc1-c1ccccc1NC. The first-order valence-electron chi connectivity index (χ1n) is 7.07. The molecule has 0 aliphatic carbocycles. The topological polar surface area (TPSA) is 29.9 Å². The molecule has 0 aliphatic heterocycles. The van der Waals surface area contributed by atoms with E-state index in [1.54, 1.807) is 0 Å². The Bertz CT molecular complexity index is 596. The molecule has 0 saturated heterocycles. The number of anilines is 1. The van der Waals surface area contributed by atoms with Crippen molar-refractivity contribution in [2.75, 3.05) is 12.4 Å². The van der Waals surface area contributed by atoms with Crippen LogP contribution in [0.1, 0.15) is 32.5 Å². The molecule has 3 heteroatoms. The maximum atomic E-state index is 4.67. The summed E-state index contributed by atoms with van der Waals surface area (Å²) in [5.74, 6) is 0.542. The average Bonchev–Trinajstić information content (AvgIpc) is 2.90. The van der Waals surface area contributed by atoms with Crippen LogP contribution in [-0.4, -0.2) is 16.8 Å². The van der Waals surface area contributed by atoms with Crippen molar-refractivity contribution in [3.63, 3.8) is 0 Å². The molecule has 0 fully saturated rings. The highest BCUT2D eigenvalue weighted by Gasteiger charge is 2.16. The van der Waals surface area contributed by atoms with Gasteiger partial charge in [-0.15, -0.1) is 0 Å². The molecular weight excluding hydrogens is 246 g/mol. The first-order valence-corrected chi connectivity index (χ1v) is 7.07. The third-order valence-electron chi connectivity index (χ3n) is 3.82. The van der Waals surface area contributed by atoms with Crippen molar-refractivity contribution in [3.05, 3.63) is 42.7 Å². The number of hydrogen-bond acceptors (Lipinski definition) is 2. The number of aromatic nitrogens is 2. The number of hydrogen-bond donors (Lipinski definition) is 1. The van der Waals surface area contributed by atoms with E-state index in [1.807, 2.05) is 29.9 Å². The summed E-state index contributed by atoms with van der Waals surface area (Å²) in [6.07, 6.45) is 3.95. The molecule has 2 rings (SSSR count). The maximum Gasteiger partial charge on any atom is 0.0924 e. The van der Waals surface area contributed by atoms with Gasteiger partial charge in [0.15, 0.2) is 0 Å². The minimum Gasteiger partial charge on any atom is -0.388 e. The molecule has 20 heavy (non-hydrogen) atoms. The van der Waals surface area contributed by atoms with Crippen LogP contribution in [0.3, 0.4) is 0 Å². The van der Waals surface area contributed by atoms with Crippen LogP contribution in [-0.2, 0) is 0 Å². The Morgan fingerprint density at radius 1 is 1.20 bits per heavy atom. The Balaban J connectivity index is 2.53. The van der Waals surface area contributed by atoms with Gasteiger partial charge in [0.1, 0.15) is 0 Å². The molecule has 0 aliphatic rings. The molecule has 0 spiro atoms. The predicted molar refractivity (Wildman–Crippen MR) is 86.8 cm³/mol. The van der Waals surface area contributed by atoms with Gasteiger partial charge in [0.2, 0.25) is 0 Å². The zero-order valence-electron chi connectivity index (χ0n) is 12.7. The van der Waals surface area contributed by atoms with E-state index in [-0.39, 0.29) is 0 Å². The Morgan fingerprint density at radius 3 is 2.50 bits per heavy atom. The lowest BCUT2D eigenvalue weighted by Gasteiger charge is -2.15. The standard InChI is InChI=1S/C17H23N3/c1-6-16-15(11-20(19-16)13(4)12(2)3)14-9-7-8-10-17(14)18-5/h6-13,18H,1H2,2-5H3. The van der Waals surface area contributed by atoms with Crippen molar-refractivity contribution >= 4 is 11.8 Å². The highest BCUT2D eigenvalue weighted by molar-refractivity contribution is 5.82. The van der Waals surface area contributed by atoms with Gasteiger partial charge >= 0.3 is 0 Å². The van der Waals surface area contributed by atoms with Crippen LogP contribution in [0.2, 0.25) is 0 Å². The predicted octanol–water partition coefficient (Wildman–Crippen LogP) is 4.45. The number of rotatable bonds is 5. The molecule has 1 N–H and O–H groups in total. The van der Waals surface area contributed by atoms with Crippen LogP contribution >= 0.6 is 0 Å². The molecule has 1 heterocycles. The monoisotopic (exact) mass is 269 g/mol. The smallest absolute Gasteiger partial charge is 0.0924 e. The Kier molecular flexibility index (Phi) is 4.28. The van der Waals surface area contributed by atoms with Gasteiger partial charge in [0.05, 0.1) is 11.7 Å². The van der Waals surface area contributed by atoms with Gasteiger partial charge in [0, 0.05) is 30.1 Å². The van der Waals surface area contributed by atoms with Crippen molar-refractivity contribution in [1.82, 2.24) is 9.78 Å². The van der Waals surface area contributed by atoms with Crippen LogP contribution in [0.4, 0.5) is 5.69 Å². The van der Waals surface area contributed by atoms with Gasteiger partial charge in [-0.3, -0.25) is 4.68 Å². The average molecular weight is 269 g/mol. The summed E-state index contributed by atoms with van der Waals surface area (Å²) in [6, 6.07) is 8.63. The lowest BCUT2D eigenvalue weighted by Crippen LogP contribution is -2.11. The van der Waals surface area contributed by atoms with Crippen LogP contribution in [0.25, 0.3) is 17.2 Å². The van der Waals surface area contributed by atoms with E-state index in [1.165, 1.54) is 0 Å². The lowest BCUT2D eigenvalue weighted by molar-refractivity contribution is 0.375. The zero-order chi connectivity index (χ0) is 14.7. The van der Waals surface area contributed by atoms with Gasteiger partial charge in [-0.25, -0.2) is 0 Å². The van der Waals surface area contributed by atoms with Crippen molar-refractivity contribution in [2.45, 2.75) is 26.8 Å². The summed E-state index contributed by atoms with van der Waals surface area (Å²) in [6.45, 7) is 10.5. The fraction of sp³-hybridized carbons (Fsp3) is 0.353. The second-order valence-electron chi connectivity index (χ2n) is 5.39.